The summed E-state index contributed by atoms with van der Waals surface area (Å²) in [6.07, 6.45) is 6.69. The van der Waals surface area contributed by atoms with E-state index in [0.717, 1.165) is 68.3 Å². The van der Waals surface area contributed by atoms with E-state index in [2.05, 4.69) is 63.4 Å². The molecule has 2 aliphatic rings. The van der Waals surface area contributed by atoms with Crippen LogP contribution in [0.3, 0.4) is 0 Å². The number of carbonyl (C=O) groups excluding carboxylic acids is 1. The van der Waals surface area contributed by atoms with Crippen LogP contribution in [0.25, 0.3) is 17.0 Å². The molecule has 1 unspecified atom stereocenters. The molecule has 1 aromatic carbocycles. The standard InChI is InChI=1S/C27H37N7O/c1-20-7-9-22(10-8-20)26-30-29-24-11-12-25(31-34(24)26)33-18-13-23(14-19-33)27(35)28-15-5-17-32-16-4-3-6-21(32)2/h7-12,21,23H,3-6,13-19H2,1-2H3,(H,28,35). The number of amides is 1. The van der Waals surface area contributed by atoms with Crippen LogP contribution < -0.4 is 10.2 Å². The first kappa shape index (κ1) is 23.7. The number of nitrogens with zero attached hydrogens (tertiary/aromatic N) is 6. The molecule has 1 amide bonds. The van der Waals surface area contributed by atoms with Crippen LogP contribution in [0.2, 0.25) is 0 Å². The maximum atomic E-state index is 12.7. The van der Waals surface area contributed by atoms with Crippen molar-refractivity contribution in [1.29, 1.82) is 0 Å². The van der Waals surface area contributed by atoms with Gasteiger partial charge in [-0.1, -0.05) is 36.2 Å². The van der Waals surface area contributed by atoms with Crippen LogP contribution in [0.15, 0.2) is 36.4 Å². The van der Waals surface area contributed by atoms with E-state index in [-0.39, 0.29) is 11.8 Å². The first-order valence-corrected chi connectivity index (χ1v) is 13.1. The van der Waals surface area contributed by atoms with Gasteiger partial charge in [-0.3, -0.25) is 4.79 Å². The van der Waals surface area contributed by atoms with Gasteiger partial charge in [-0.2, -0.15) is 4.52 Å². The fourth-order valence-electron chi connectivity index (χ4n) is 5.33. The number of fused-ring (bicyclic) bond motifs is 1. The Labute approximate surface area is 207 Å². The molecule has 0 spiro atoms. The first-order chi connectivity index (χ1) is 17.1. The molecular weight excluding hydrogens is 438 g/mol. The Morgan fingerprint density at radius 2 is 1.80 bits per heavy atom. The topological polar surface area (TPSA) is 78.7 Å². The predicted octanol–water partition coefficient (Wildman–Crippen LogP) is 3.70. The molecule has 5 rings (SSSR count). The van der Waals surface area contributed by atoms with Gasteiger partial charge in [0.05, 0.1) is 0 Å². The molecular formula is C27H37N7O. The average molecular weight is 476 g/mol. The molecule has 3 aromatic rings. The van der Waals surface area contributed by atoms with Gasteiger partial charge in [0.1, 0.15) is 5.82 Å². The Bertz CT molecular complexity index is 1130. The van der Waals surface area contributed by atoms with Crippen LogP contribution in [0.4, 0.5) is 5.82 Å². The van der Waals surface area contributed by atoms with Crippen molar-refractivity contribution in [2.24, 2.45) is 5.92 Å². The van der Waals surface area contributed by atoms with E-state index >= 15 is 0 Å². The van der Waals surface area contributed by atoms with E-state index in [0.29, 0.717) is 6.04 Å². The minimum absolute atomic E-state index is 0.0851. The molecule has 35 heavy (non-hydrogen) atoms. The van der Waals surface area contributed by atoms with Crippen molar-refractivity contribution in [1.82, 2.24) is 30.0 Å². The van der Waals surface area contributed by atoms with E-state index in [9.17, 15) is 4.79 Å². The monoisotopic (exact) mass is 475 g/mol. The molecule has 4 heterocycles. The van der Waals surface area contributed by atoms with E-state index in [1.54, 1.807) is 0 Å². The maximum absolute atomic E-state index is 12.7. The minimum Gasteiger partial charge on any atom is -0.356 e. The largest absolute Gasteiger partial charge is 0.356 e. The van der Waals surface area contributed by atoms with Gasteiger partial charge in [-0.05, 0) is 64.6 Å². The van der Waals surface area contributed by atoms with Crippen molar-refractivity contribution < 1.29 is 4.79 Å². The van der Waals surface area contributed by atoms with Crippen molar-refractivity contribution >= 4 is 17.4 Å². The zero-order chi connectivity index (χ0) is 24.2. The number of nitrogens with one attached hydrogen (secondary N) is 1. The summed E-state index contributed by atoms with van der Waals surface area (Å²) in [5, 5.41) is 16.7. The highest BCUT2D eigenvalue weighted by molar-refractivity contribution is 5.79. The molecule has 2 aliphatic heterocycles. The number of piperidine rings is 2. The molecule has 186 valence electrons. The van der Waals surface area contributed by atoms with E-state index in [1.807, 2.05) is 16.6 Å². The fraction of sp³-hybridized carbons (Fsp3) is 0.556. The van der Waals surface area contributed by atoms with E-state index in [4.69, 9.17) is 5.10 Å². The van der Waals surface area contributed by atoms with E-state index in [1.165, 1.54) is 31.4 Å². The molecule has 2 aromatic heterocycles. The highest BCUT2D eigenvalue weighted by Gasteiger charge is 2.26. The van der Waals surface area contributed by atoms with Crippen molar-refractivity contribution in [2.75, 3.05) is 37.6 Å². The third-order valence-electron chi connectivity index (χ3n) is 7.61. The Kier molecular flexibility index (Phi) is 7.27. The second-order valence-corrected chi connectivity index (χ2v) is 10.1. The van der Waals surface area contributed by atoms with Gasteiger partial charge in [0, 0.05) is 43.7 Å². The predicted molar refractivity (Wildman–Crippen MR) is 138 cm³/mol. The minimum atomic E-state index is 0.0851. The number of hydrogen-bond acceptors (Lipinski definition) is 6. The Morgan fingerprint density at radius 1 is 1.00 bits per heavy atom. The van der Waals surface area contributed by atoms with Gasteiger partial charge >= 0.3 is 0 Å². The van der Waals surface area contributed by atoms with Gasteiger partial charge in [-0.15, -0.1) is 15.3 Å². The van der Waals surface area contributed by atoms with Gasteiger partial charge in [0.15, 0.2) is 11.5 Å². The highest BCUT2D eigenvalue weighted by atomic mass is 16.1. The van der Waals surface area contributed by atoms with E-state index < -0.39 is 0 Å². The average Bonchev–Trinajstić information content (AvgIpc) is 3.31. The molecule has 2 fully saturated rings. The van der Waals surface area contributed by atoms with Crippen LogP contribution in [-0.4, -0.2) is 69.4 Å². The van der Waals surface area contributed by atoms with Gasteiger partial charge in [-0.25, -0.2) is 0 Å². The van der Waals surface area contributed by atoms with Crippen LogP contribution >= 0.6 is 0 Å². The van der Waals surface area contributed by atoms with Crippen molar-refractivity contribution in [2.45, 2.75) is 58.4 Å². The molecule has 0 bridgehead atoms. The Hall–Kier alpha value is -3.00. The quantitative estimate of drug-likeness (QED) is 0.525. The number of aromatic nitrogens is 4. The lowest BCUT2D eigenvalue weighted by atomic mass is 9.96. The normalized spacial score (nSPS) is 19.8. The zero-order valence-corrected chi connectivity index (χ0v) is 21.0. The molecule has 1 atom stereocenters. The number of rotatable bonds is 7. The summed E-state index contributed by atoms with van der Waals surface area (Å²) < 4.78 is 1.82. The summed E-state index contributed by atoms with van der Waals surface area (Å²) in [6.45, 7) is 9.10. The summed E-state index contributed by atoms with van der Waals surface area (Å²) >= 11 is 0. The summed E-state index contributed by atoms with van der Waals surface area (Å²) in [4.78, 5) is 17.6. The molecule has 8 nitrogen and oxygen atoms in total. The summed E-state index contributed by atoms with van der Waals surface area (Å²) in [7, 11) is 0. The number of benzene rings is 1. The summed E-state index contributed by atoms with van der Waals surface area (Å²) in [6, 6.07) is 12.9. The molecule has 0 radical (unpaired) electrons. The first-order valence-electron chi connectivity index (χ1n) is 13.1. The lowest BCUT2D eigenvalue weighted by molar-refractivity contribution is -0.125. The number of likely N-dealkylation sites (tertiary alicyclic amines) is 1. The lowest BCUT2D eigenvalue weighted by Crippen LogP contribution is -2.42. The van der Waals surface area contributed by atoms with Crippen molar-refractivity contribution in [3.8, 4) is 11.4 Å². The molecule has 1 N–H and O–H groups in total. The van der Waals surface area contributed by atoms with Gasteiger partial charge in [0.2, 0.25) is 5.91 Å². The molecule has 0 aliphatic carbocycles. The Balaban J connectivity index is 1.13. The highest BCUT2D eigenvalue weighted by Crippen LogP contribution is 2.24. The Morgan fingerprint density at radius 3 is 2.57 bits per heavy atom. The van der Waals surface area contributed by atoms with Crippen molar-refractivity contribution in [3.05, 3.63) is 42.0 Å². The SMILES string of the molecule is Cc1ccc(-c2nnc3ccc(N4CCC(C(=O)NCCCN5CCCCC5C)CC4)nn23)cc1. The second kappa shape index (κ2) is 10.7. The number of carbonyl (C=O) groups is 1. The number of aryl methyl sites for hydroxylation is 1. The lowest BCUT2D eigenvalue weighted by Gasteiger charge is -2.33. The number of hydrogen-bond donors (Lipinski definition) is 1. The molecule has 8 heteroatoms. The van der Waals surface area contributed by atoms with Crippen LogP contribution in [0.1, 0.15) is 51.0 Å². The molecule has 2 saturated heterocycles. The smallest absolute Gasteiger partial charge is 0.223 e. The third kappa shape index (κ3) is 5.48. The fourth-order valence-corrected chi connectivity index (χ4v) is 5.33. The van der Waals surface area contributed by atoms with Gasteiger partial charge < -0.3 is 15.1 Å². The van der Waals surface area contributed by atoms with Crippen LogP contribution in [0.5, 0.6) is 0 Å². The number of anilines is 1. The van der Waals surface area contributed by atoms with Crippen LogP contribution in [0, 0.1) is 12.8 Å². The zero-order valence-electron chi connectivity index (χ0n) is 21.0. The molecule has 0 saturated carbocycles. The van der Waals surface area contributed by atoms with Crippen molar-refractivity contribution in [3.63, 3.8) is 0 Å². The summed E-state index contributed by atoms with van der Waals surface area (Å²) in [5.41, 5.74) is 2.94. The summed E-state index contributed by atoms with van der Waals surface area (Å²) in [5.74, 6) is 1.94. The van der Waals surface area contributed by atoms with Gasteiger partial charge in [0.25, 0.3) is 0 Å². The second-order valence-electron chi connectivity index (χ2n) is 10.1. The third-order valence-corrected chi connectivity index (χ3v) is 7.61. The maximum Gasteiger partial charge on any atom is 0.223 e. The van der Waals surface area contributed by atoms with Crippen LogP contribution in [-0.2, 0) is 4.79 Å².